The number of rotatable bonds is 1. The summed E-state index contributed by atoms with van der Waals surface area (Å²) in [5.74, 6) is 4.77. The van der Waals surface area contributed by atoms with Crippen molar-refractivity contribution in [2.45, 2.75) is 5.92 Å². The summed E-state index contributed by atoms with van der Waals surface area (Å²) in [4.78, 5) is 0. The molecule has 0 heteroatoms. The van der Waals surface area contributed by atoms with Gasteiger partial charge >= 0.3 is 0 Å². The third kappa shape index (κ3) is 0.952. The molecule has 0 nitrogen and oxygen atoms in total. The van der Waals surface area contributed by atoms with Crippen molar-refractivity contribution in [3.05, 3.63) is 60.2 Å². The molecular weight excluding hydrogens is 204 g/mol. The van der Waals surface area contributed by atoms with Crippen molar-refractivity contribution in [2.75, 3.05) is 0 Å². The smallest absolute Gasteiger partial charge is 0.00584 e. The van der Waals surface area contributed by atoms with Crippen molar-refractivity contribution in [3.63, 3.8) is 0 Å². The zero-order valence-corrected chi connectivity index (χ0v) is 9.58. The van der Waals surface area contributed by atoms with Gasteiger partial charge in [0, 0.05) is 5.92 Å². The largest absolute Gasteiger partial charge is 0.0842 e. The quantitative estimate of drug-likeness (QED) is 0.635. The van der Waals surface area contributed by atoms with E-state index in [4.69, 9.17) is 0 Å². The van der Waals surface area contributed by atoms with Crippen LogP contribution in [-0.4, -0.2) is 0 Å². The lowest BCUT2D eigenvalue weighted by Gasteiger charge is -2.25. The van der Waals surface area contributed by atoms with E-state index in [-0.39, 0.29) is 0 Å². The maximum atomic E-state index is 2.47. The molecule has 2 aromatic rings. The van der Waals surface area contributed by atoms with Crippen LogP contribution >= 0.6 is 0 Å². The first-order chi connectivity index (χ1) is 8.45. The van der Waals surface area contributed by atoms with Gasteiger partial charge in [0.25, 0.3) is 0 Å². The van der Waals surface area contributed by atoms with Gasteiger partial charge in [-0.1, -0.05) is 54.6 Å². The molecule has 2 saturated carbocycles. The topological polar surface area (TPSA) is 0 Å². The maximum absolute atomic E-state index is 2.47. The van der Waals surface area contributed by atoms with Crippen LogP contribution in [0, 0.1) is 23.7 Å². The first-order valence-electron chi connectivity index (χ1n) is 6.61. The van der Waals surface area contributed by atoms with E-state index in [1.54, 1.807) is 5.56 Å². The van der Waals surface area contributed by atoms with E-state index in [0.29, 0.717) is 5.92 Å². The van der Waals surface area contributed by atoms with E-state index in [2.05, 4.69) is 54.6 Å². The highest BCUT2D eigenvalue weighted by Gasteiger charge is 2.75. The molecule has 4 aliphatic carbocycles. The van der Waals surface area contributed by atoms with Crippen LogP contribution in [0.1, 0.15) is 11.5 Å². The summed E-state index contributed by atoms with van der Waals surface area (Å²) in [6.07, 6.45) is 4.94. The minimum atomic E-state index is 0.695. The SMILES string of the molecule is C1=CC2C3C(C1c1cccc4ccccc14)C23. The van der Waals surface area contributed by atoms with Gasteiger partial charge in [-0.25, -0.2) is 0 Å². The molecule has 0 radical (unpaired) electrons. The number of fused-ring (bicyclic) bond motifs is 2. The van der Waals surface area contributed by atoms with Crippen molar-refractivity contribution in [1.82, 2.24) is 0 Å². The van der Waals surface area contributed by atoms with Gasteiger partial charge in [-0.2, -0.15) is 0 Å². The Morgan fingerprint density at radius 3 is 2.41 bits per heavy atom. The van der Waals surface area contributed by atoms with E-state index in [0.717, 1.165) is 23.7 Å². The third-order valence-corrected chi connectivity index (χ3v) is 5.08. The summed E-state index contributed by atoms with van der Waals surface area (Å²) >= 11 is 0. The second-order valence-electron chi connectivity index (χ2n) is 5.79. The molecule has 6 rings (SSSR count). The molecule has 82 valence electrons. The van der Waals surface area contributed by atoms with Crippen molar-refractivity contribution < 1.29 is 0 Å². The Morgan fingerprint density at radius 2 is 1.53 bits per heavy atom. The van der Waals surface area contributed by atoms with E-state index < -0.39 is 0 Å². The van der Waals surface area contributed by atoms with Gasteiger partial charge < -0.3 is 0 Å². The molecule has 3 unspecified atom stereocenters. The Hall–Kier alpha value is -1.56. The molecule has 4 aliphatic rings. The Labute approximate surface area is 101 Å². The van der Waals surface area contributed by atoms with Crippen LogP contribution in [0.3, 0.4) is 0 Å². The average molecular weight is 218 g/mol. The lowest BCUT2D eigenvalue weighted by molar-refractivity contribution is 0.467. The van der Waals surface area contributed by atoms with Crippen LogP contribution in [-0.2, 0) is 0 Å². The molecular formula is C17H14. The number of hydrogen-bond donors (Lipinski definition) is 0. The Kier molecular flexibility index (Phi) is 1.32. The van der Waals surface area contributed by atoms with Gasteiger partial charge in [-0.15, -0.1) is 0 Å². The van der Waals surface area contributed by atoms with Crippen molar-refractivity contribution in [2.24, 2.45) is 23.7 Å². The van der Waals surface area contributed by atoms with Crippen molar-refractivity contribution in [1.29, 1.82) is 0 Å². The molecule has 2 aromatic carbocycles. The first kappa shape index (κ1) is 8.52. The Bertz CT molecular complexity index is 637. The van der Waals surface area contributed by atoms with Crippen molar-refractivity contribution in [3.8, 4) is 0 Å². The van der Waals surface area contributed by atoms with Gasteiger partial charge in [0.15, 0.2) is 0 Å². The lowest BCUT2D eigenvalue weighted by atomic mass is 9.79. The average Bonchev–Trinajstić information content (AvgIpc) is 3.29. The fourth-order valence-corrected chi connectivity index (χ4v) is 4.10. The van der Waals surface area contributed by atoms with Crippen LogP contribution < -0.4 is 0 Å². The number of hydrogen-bond acceptors (Lipinski definition) is 0. The second kappa shape index (κ2) is 2.64. The molecule has 0 N–H and O–H groups in total. The van der Waals surface area contributed by atoms with Crippen LogP contribution in [0.15, 0.2) is 54.6 Å². The van der Waals surface area contributed by atoms with Gasteiger partial charge in [0.2, 0.25) is 0 Å². The Morgan fingerprint density at radius 1 is 0.706 bits per heavy atom. The zero-order chi connectivity index (χ0) is 11.0. The highest BCUT2D eigenvalue weighted by atomic mass is 14.8. The standard InChI is InChI=1S/C17H14/c1-2-6-11-10(4-1)5-3-7-12(11)13-8-9-14-16-15(13)17(14)16/h1-9,13-17H. The summed E-state index contributed by atoms with van der Waals surface area (Å²) in [5.41, 5.74) is 1.55. The zero-order valence-electron chi connectivity index (χ0n) is 9.58. The predicted molar refractivity (Wildman–Crippen MR) is 69.8 cm³/mol. The number of benzene rings is 2. The molecule has 0 amide bonds. The molecule has 2 fully saturated rings. The van der Waals surface area contributed by atoms with E-state index in [9.17, 15) is 0 Å². The normalized spacial score (nSPS) is 40.1. The van der Waals surface area contributed by atoms with Crippen molar-refractivity contribution >= 4 is 10.8 Å². The first-order valence-corrected chi connectivity index (χ1v) is 6.61. The molecule has 17 heavy (non-hydrogen) atoms. The molecule has 0 aromatic heterocycles. The molecule has 2 bridgehead atoms. The van der Waals surface area contributed by atoms with Gasteiger partial charge in [0.05, 0.1) is 0 Å². The van der Waals surface area contributed by atoms with E-state index >= 15 is 0 Å². The Balaban J connectivity index is 1.73. The van der Waals surface area contributed by atoms with Gasteiger partial charge in [0.1, 0.15) is 0 Å². The molecule has 0 saturated heterocycles. The summed E-state index contributed by atoms with van der Waals surface area (Å²) in [6.45, 7) is 0. The lowest BCUT2D eigenvalue weighted by Crippen LogP contribution is -2.13. The van der Waals surface area contributed by atoms with Crippen LogP contribution in [0.25, 0.3) is 10.8 Å². The summed E-state index contributed by atoms with van der Waals surface area (Å²) in [7, 11) is 0. The fourth-order valence-electron chi connectivity index (χ4n) is 4.10. The molecule has 0 heterocycles. The van der Waals surface area contributed by atoms with Gasteiger partial charge in [-0.05, 0) is 40.0 Å². The molecule has 3 atom stereocenters. The van der Waals surface area contributed by atoms with Crippen LogP contribution in [0.4, 0.5) is 0 Å². The van der Waals surface area contributed by atoms with Crippen LogP contribution in [0.5, 0.6) is 0 Å². The highest BCUT2D eigenvalue weighted by molar-refractivity contribution is 5.86. The summed E-state index contributed by atoms with van der Waals surface area (Å²) < 4.78 is 0. The maximum Gasteiger partial charge on any atom is 0.00584 e. The molecule has 0 aliphatic heterocycles. The van der Waals surface area contributed by atoms with E-state index in [1.165, 1.54) is 10.8 Å². The predicted octanol–water partition coefficient (Wildman–Crippen LogP) is 3.99. The minimum Gasteiger partial charge on any atom is -0.0842 e. The van der Waals surface area contributed by atoms with Crippen LogP contribution in [0.2, 0.25) is 0 Å². The number of allylic oxidation sites excluding steroid dienone is 2. The fraction of sp³-hybridized carbons (Fsp3) is 0.294. The monoisotopic (exact) mass is 218 g/mol. The summed E-state index contributed by atoms with van der Waals surface area (Å²) in [5, 5.41) is 2.84. The minimum absolute atomic E-state index is 0.695. The highest BCUT2D eigenvalue weighted by Crippen LogP contribution is 2.79. The van der Waals surface area contributed by atoms with E-state index in [1.807, 2.05) is 0 Å². The molecule has 0 spiro atoms. The van der Waals surface area contributed by atoms with Gasteiger partial charge in [-0.3, -0.25) is 0 Å². The third-order valence-electron chi connectivity index (χ3n) is 5.08. The second-order valence-corrected chi connectivity index (χ2v) is 5.79. The summed E-state index contributed by atoms with van der Waals surface area (Å²) in [6, 6.07) is 15.6.